The Morgan fingerprint density at radius 1 is 0.530 bits per heavy atom. The van der Waals surface area contributed by atoms with Crippen molar-refractivity contribution in [1.82, 2.24) is 45.3 Å². The van der Waals surface area contributed by atoms with Crippen molar-refractivity contribution in [3.63, 3.8) is 0 Å². The van der Waals surface area contributed by atoms with Gasteiger partial charge in [-0.2, -0.15) is 28.5 Å². The maximum Gasteiger partial charge on any atom is 0.417 e. The summed E-state index contributed by atoms with van der Waals surface area (Å²) in [5, 5.41) is 41.6. The highest BCUT2D eigenvalue weighted by Gasteiger charge is 2.55. The molecule has 0 bridgehead atoms. The summed E-state index contributed by atoms with van der Waals surface area (Å²) in [6.07, 6.45) is -4.18. The van der Waals surface area contributed by atoms with Crippen LogP contribution in [0.1, 0.15) is 152 Å². The minimum absolute atomic E-state index is 0.0148. The minimum atomic E-state index is -4.72. The summed E-state index contributed by atoms with van der Waals surface area (Å²) in [5.74, 6) is -2.23. The molecule has 0 spiro atoms. The van der Waals surface area contributed by atoms with Gasteiger partial charge in [0.1, 0.15) is 51.2 Å². The van der Waals surface area contributed by atoms with E-state index in [4.69, 9.17) is 50.7 Å². The topological polar surface area (TPSA) is 398 Å². The second-order valence-corrected chi connectivity index (χ2v) is 24.7. The second kappa shape index (κ2) is 32.2. The summed E-state index contributed by atoms with van der Waals surface area (Å²) in [6, 6.07) is 42.7. The van der Waals surface area contributed by atoms with Crippen molar-refractivity contribution < 1.29 is 56.9 Å². The second-order valence-electron chi connectivity index (χ2n) is 24.4. The first-order valence-corrected chi connectivity index (χ1v) is 32.6. The predicted molar refractivity (Wildman–Crippen MR) is 373 cm³/mol. The van der Waals surface area contributed by atoms with E-state index in [9.17, 15) is 52.2 Å². The van der Waals surface area contributed by atoms with Gasteiger partial charge in [-0.15, -0.1) is 11.6 Å². The molecule has 1 aliphatic carbocycles. The van der Waals surface area contributed by atoms with Crippen LogP contribution in [-0.4, -0.2) is 112 Å². The number of aryl methyl sites for hydroxylation is 3. The molecule has 1 unspecified atom stereocenters. The summed E-state index contributed by atoms with van der Waals surface area (Å²) >= 11 is 5.87. The number of nitrogens with two attached hydrogens (primary N) is 6. The van der Waals surface area contributed by atoms with Crippen molar-refractivity contribution in [3.8, 4) is 33.8 Å². The number of aromatic nitrogens is 6. The fourth-order valence-corrected chi connectivity index (χ4v) is 12.1. The molecule has 1 saturated carbocycles. The molecule has 1 saturated heterocycles. The van der Waals surface area contributed by atoms with Crippen LogP contribution in [0.4, 0.5) is 30.6 Å². The molecule has 100 heavy (non-hydrogen) atoms. The van der Waals surface area contributed by atoms with E-state index in [2.05, 4.69) is 31.2 Å². The molecule has 6 amide bonds. The molecule has 9 aromatic rings. The molecule has 24 nitrogen and oxygen atoms in total. The number of alkyl halides is 4. The molecule has 3 aromatic heterocycles. The van der Waals surface area contributed by atoms with Gasteiger partial charge in [-0.3, -0.25) is 28.8 Å². The van der Waals surface area contributed by atoms with Crippen LogP contribution in [0.5, 0.6) is 0 Å². The standard InChI is InChI=1S/C26H28F3N5O3.C24H27N5O3.C22H24ClN5O3/c1-15-4-2-3-5-19(15)24(36)32-14-16-6-8-17(9-7-16)21-20(23(31)35)22(30)34(33-21)18-10-12-25(37,13-11-18)26(27,28)29;1-15-4-2-3-5-19(15)24(31)27-14-16-6-8-17(9-7-16)21-20(23(26)30)22(25)29(28-21)18-10-12-32-13-11-18;1-13-4-2-3-5-17(13)22(31)26-11-14-6-8-15(9-7-14)19-18(21(25)30)20(24)28(27-19)16(10-23)12-29/h2-9,18,37H,10-14,30H2,1H3,(H2,31,35)(H,32,36);2-9,18H,10-14,25H2,1H3,(H2,26,30)(H,27,31);2-9,16,29H,10-12,24H2,1H3,(H2,25,30)(H,26,31). The molecular weight excluding hydrogens is 1310 g/mol. The number of ether oxygens (including phenoxy) is 1. The molecule has 28 heteroatoms. The molecule has 11 rings (SSSR count). The Hall–Kier alpha value is -10.9. The van der Waals surface area contributed by atoms with Crippen LogP contribution in [-0.2, 0) is 24.4 Å². The number of hydrogen-bond acceptors (Lipinski definition) is 15. The lowest BCUT2D eigenvalue weighted by Gasteiger charge is -2.37. The number of halogens is 4. The average molecular weight is 1390 g/mol. The molecule has 524 valence electrons. The quantitative estimate of drug-likeness (QED) is 0.0317. The van der Waals surface area contributed by atoms with Gasteiger partial charge in [-0.1, -0.05) is 127 Å². The largest absolute Gasteiger partial charge is 0.417 e. The Kier molecular flexibility index (Phi) is 23.6. The van der Waals surface area contributed by atoms with Gasteiger partial charge in [0.25, 0.3) is 35.4 Å². The summed E-state index contributed by atoms with van der Waals surface area (Å²) in [4.78, 5) is 73.6. The van der Waals surface area contributed by atoms with E-state index in [0.29, 0.717) is 65.5 Å². The summed E-state index contributed by atoms with van der Waals surface area (Å²) in [5.41, 5.74) is 42.8. The molecule has 17 N–H and O–H groups in total. The molecule has 0 radical (unpaired) electrons. The number of amides is 6. The Morgan fingerprint density at radius 2 is 0.850 bits per heavy atom. The van der Waals surface area contributed by atoms with E-state index in [0.717, 1.165) is 51.8 Å². The fourth-order valence-electron chi connectivity index (χ4n) is 11.9. The van der Waals surface area contributed by atoms with E-state index >= 15 is 0 Å². The van der Waals surface area contributed by atoms with Crippen LogP contribution in [0.15, 0.2) is 146 Å². The Labute approximate surface area is 579 Å². The minimum Gasteiger partial charge on any atom is -0.394 e. The van der Waals surface area contributed by atoms with E-state index < -0.39 is 54.4 Å². The van der Waals surface area contributed by atoms with E-state index in [1.165, 1.54) is 9.36 Å². The fraction of sp³-hybridized carbons (Fsp3) is 0.292. The number of carbonyl (C=O) groups is 6. The number of aliphatic hydroxyl groups is 2. The third-order valence-electron chi connectivity index (χ3n) is 17.7. The van der Waals surface area contributed by atoms with Crippen molar-refractivity contribution >= 4 is 64.5 Å². The first kappa shape index (κ1) is 73.4. The number of benzene rings is 6. The average Bonchev–Trinajstić information content (AvgIpc) is 1.75. The van der Waals surface area contributed by atoms with E-state index in [1.54, 1.807) is 65.3 Å². The number of rotatable bonds is 20. The zero-order chi connectivity index (χ0) is 72.2. The van der Waals surface area contributed by atoms with Gasteiger partial charge in [0.05, 0.1) is 24.7 Å². The number of nitrogens with zero attached hydrogens (tertiary/aromatic N) is 6. The lowest BCUT2D eigenvalue weighted by Crippen LogP contribution is -2.48. The molecule has 4 heterocycles. The van der Waals surface area contributed by atoms with Crippen LogP contribution in [0.3, 0.4) is 0 Å². The van der Waals surface area contributed by atoms with Gasteiger partial charge in [0.2, 0.25) is 0 Å². The van der Waals surface area contributed by atoms with E-state index in [1.807, 2.05) is 106 Å². The van der Waals surface area contributed by atoms with Gasteiger partial charge < -0.3 is 65.3 Å². The SMILES string of the molecule is Cc1ccccc1C(=O)NCc1ccc(-c2nn(C(CO)CCl)c(N)c2C(N)=O)cc1.Cc1ccccc1C(=O)NCc1ccc(-c2nn(C3CCC(O)(C(F)(F)F)CC3)c(N)c2C(N)=O)cc1.Cc1ccccc1C(=O)NCc1ccc(-c2nn(C3CCOCC3)c(N)c2C(N)=O)cc1. The van der Waals surface area contributed by atoms with Crippen molar-refractivity contribution in [1.29, 1.82) is 0 Å². The monoisotopic (exact) mass is 1390 g/mol. The lowest BCUT2D eigenvalue weighted by molar-refractivity contribution is -0.271. The smallest absolute Gasteiger partial charge is 0.394 e. The van der Waals surface area contributed by atoms with Crippen molar-refractivity contribution in [3.05, 3.63) is 212 Å². The van der Waals surface area contributed by atoms with Crippen LogP contribution in [0, 0.1) is 20.8 Å². The Balaban J connectivity index is 0.000000176. The van der Waals surface area contributed by atoms with Gasteiger partial charge in [0, 0.05) is 72.1 Å². The Morgan fingerprint density at radius 3 is 1.16 bits per heavy atom. The predicted octanol–water partition coefficient (Wildman–Crippen LogP) is 8.94. The molecule has 1 aliphatic heterocycles. The van der Waals surface area contributed by atoms with Gasteiger partial charge in [0.15, 0.2) is 5.60 Å². The highest BCUT2D eigenvalue weighted by molar-refractivity contribution is 6.18. The number of nitrogen functional groups attached to an aromatic ring is 3. The zero-order valence-electron chi connectivity index (χ0n) is 55.2. The third kappa shape index (κ3) is 16.8. The van der Waals surface area contributed by atoms with Crippen LogP contribution < -0.4 is 50.4 Å². The lowest BCUT2D eigenvalue weighted by atomic mass is 9.81. The van der Waals surface area contributed by atoms with Crippen LogP contribution in [0.2, 0.25) is 0 Å². The summed E-state index contributed by atoms with van der Waals surface area (Å²) < 4.78 is 49.3. The third-order valence-corrected chi connectivity index (χ3v) is 18.1. The molecule has 2 fully saturated rings. The number of carbonyl (C=O) groups excluding carboxylic acids is 6. The molecule has 2 aliphatic rings. The number of anilines is 3. The summed E-state index contributed by atoms with van der Waals surface area (Å²) in [7, 11) is 0. The van der Waals surface area contributed by atoms with Gasteiger partial charge in [-0.05, 0) is 111 Å². The van der Waals surface area contributed by atoms with Gasteiger partial charge >= 0.3 is 6.18 Å². The molecule has 6 aromatic carbocycles. The zero-order valence-corrected chi connectivity index (χ0v) is 55.9. The molecule has 1 atom stereocenters. The molecular formula is C72H79ClF3N15O9. The number of aliphatic hydroxyl groups excluding tert-OH is 1. The highest BCUT2D eigenvalue weighted by Crippen LogP contribution is 2.46. The maximum atomic E-state index is 13.2. The van der Waals surface area contributed by atoms with Crippen molar-refractivity contribution in [2.45, 2.75) is 109 Å². The first-order valence-electron chi connectivity index (χ1n) is 32.1. The first-order chi connectivity index (χ1) is 47.7. The number of hydrogen-bond donors (Lipinski definition) is 11. The van der Waals surface area contributed by atoms with Crippen molar-refractivity contribution in [2.24, 2.45) is 17.2 Å². The highest BCUT2D eigenvalue weighted by atomic mass is 35.5. The van der Waals surface area contributed by atoms with Crippen LogP contribution >= 0.6 is 11.6 Å². The number of primary amides is 3. The Bertz CT molecular complexity index is 4420. The maximum absolute atomic E-state index is 13.2. The normalized spacial score (nSPS) is 15.6. The number of nitrogens with one attached hydrogen (secondary N) is 3. The van der Waals surface area contributed by atoms with Gasteiger partial charge in [-0.25, -0.2) is 14.0 Å². The van der Waals surface area contributed by atoms with Crippen LogP contribution in [0.25, 0.3) is 33.8 Å². The van der Waals surface area contributed by atoms with Crippen molar-refractivity contribution in [2.75, 3.05) is 42.9 Å². The summed E-state index contributed by atoms with van der Waals surface area (Å²) in [6.45, 7) is 7.63. The van der Waals surface area contributed by atoms with E-state index in [-0.39, 0.29) is 95.5 Å².